The van der Waals surface area contributed by atoms with Gasteiger partial charge in [0.15, 0.2) is 0 Å². The van der Waals surface area contributed by atoms with Gasteiger partial charge in [0.1, 0.15) is 0 Å². The van der Waals surface area contributed by atoms with Gasteiger partial charge >= 0.3 is 0 Å². The van der Waals surface area contributed by atoms with Crippen LogP contribution in [0.5, 0.6) is 0 Å². The fourth-order valence-corrected chi connectivity index (χ4v) is 3.17. The van der Waals surface area contributed by atoms with Crippen LogP contribution in [0.25, 0.3) is 0 Å². The molecule has 1 aromatic rings. The van der Waals surface area contributed by atoms with Crippen molar-refractivity contribution < 1.29 is 0 Å². The van der Waals surface area contributed by atoms with E-state index in [-0.39, 0.29) is 0 Å². The van der Waals surface area contributed by atoms with Gasteiger partial charge in [-0.2, -0.15) is 11.3 Å². The maximum Gasteiger partial charge on any atom is 0.0108 e. The Morgan fingerprint density at radius 1 is 1.05 bits per heavy atom. The Kier molecular flexibility index (Phi) is 10.1. The Morgan fingerprint density at radius 2 is 1.84 bits per heavy atom. The second kappa shape index (κ2) is 11.5. The molecule has 0 aromatic carbocycles. The quantitative estimate of drug-likeness (QED) is 0.505. The van der Waals surface area contributed by atoms with E-state index in [1.54, 1.807) is 0 Å². The molecular weight excluding hydrogens is 250 g/mol. The molecule has 0 spiro atoms. The first-order chi connectivity index (χ1) is 9.36. The largest absolute Gasteiger partial charge is 0.314 e. The summed E-state index contributed by atoms with van der Waals surface area (Å²) in [5, 5.41) is 8.20. The minimum absolute atomic E-state index is 0.681. The molecule has 1 unspecified atom stereocenters. The third kappa shape index (κ3) is 8.43. The predicted octanol–water partition coefficient (Wildman–Crippen LogP) is 5.41. The van der Waals surface area contributed by atoms with Crippen molar-refractivity contribution in [3.63, 3.8) is 0 Å². The maximum atomic E-state index is 3.71. The maximum absolute atomic E-state index is 3.71. The van der Waals surface area contributed by atoms with Crippen molar-refractivity contribution in [2.24, 2.45) is 0 Å². The Balaban J connectivity index is 2.17. The molecule has 0 saturated carbocycles. The van der Waals surface area contributed by atoms with Gasteiger partial charge in [-0.05, 0) is 48.2 Å². The molecule has 1 N–H and O–H groups in total. The molecule has 1 aromatic heterocycles. The van der Waals surface area contributed by atoms with E-state index >= 15 is 0 Å². The molecule has 0 aliphatic rings. The summed E-state index contributed by atoms with van der Waals surface area (Å²) in [4.78, 5) is 0. The topological polar surface area (TPSA) is 12.0 Å². The third-order valence-corrected chi connectivity index (χ3v) is 4.38. The standard InChI is InChI=1S/C17H31NS/c1-3-5-6-7-8-9-10-17(18-12-4-2)14-16-11-13-19-15-16/h11,13,15,17-18H,3-10,12,14H2,1-2H3. The number of rotatable bonds is 12. The highest BCUT2D eigenvalue weighted by Crippen LogP contribution is 2.14. The molecule has 1 nitrogen and oxygen atoms in total. The van der Waals surface area contributed by atoms with E-state index < -0.39 is 0 Å². The molecule has 0 aliphatic heterocycles. The van der Waals surface area contributed by atoms with Crippen LogP contribution in [0.4, 0.5) is 0 Å². The zero-order valence-electron chi connectivity index (χ0n) is 12.8. The van der Waals surface area contributed by atoms with Crippen LogP contribution in [0, 0.1) is 0 Å². The van der Waals surface area contributed by atoms with Crippen molar-refractivity contribution in [1.82, 2.24) is 5.32 Å². The van der Waals surface area contributed by atoms with Gasteiger partial charge in [-0.25, -0.2) is 0 Å². The minimum atomic E-state index is 0.681. The molecule has 0 aliphatic carbocycles. The van der Waals surface area contributed by atoms with Gasteiger partial charge in [0.25, 0.3) is 0 Å². The van der Waals surface area contributed by atoms with E-state index in [1.807, 2.05) is 11.3 Å². The molecule has 2 heteroatoms. The highest BCUT2D eigenvalue weighted by atomic mass is 32.1. The van der Waals surface area contributed by atoms with Crippen LogP contribution in [0.2, 0.25) is 0 Å². The minimum Gasteiger partial charge on any atom is -0.314 e. The summed E-state index contributed by atoms with van der Waals surface area (Å²) in [6, 6.07) is 2.95. The number of hydrogen-bond donors (Lipinski definition) is 1. The van der Waals surface area contributed by atoms with Crippen molar-refractivity contribution in [3.8, 4) is 0 Å². The summed E-state index contributed by atoms with van der Waals surface area (Å²) in [6.07, 6.45) is 12.2. The van der Waals surface area contributed by atoms with Gasteiger partial charge in [-0.1, -0.05) is 52.4 Å². The lowest BCUT2D eigenvalue weighted by Crippen LogP contribution is -2.31. The van der Waals surface area contributed by atoms with E-state index in [0.717, 1.165) is 6.54 Å². The van der Waals surface area contributed by atoms with Crippen LogP contribution >= 0.6 is 11.3 Å². The van der Waals surface area contributed by atoms with Gasteiger partial charge in [-0.15, -0.1) is 0 Å². The molecule has 19 heavy (non-hydrogen) atoms. The second-order valence-corrected chi connectivity index (χ2v) is 6.32. The summed E-state index contributed by atoms with van der Waals surface area (Å²) < 4.78 is 0. The number of nitrogens with one attached hydrogen (secondary N) is 1. The summed E-state index contributed by atoms with van der Waals surface area (Å²) in [5.74, 6) is 0. The van der Waals surface area contributed by atoms with Crippen molar-refractivity contribution in [2.45, 2.75) is 77.7 Å². The summed E-state index contributed by atoms with van der Waals surface area (Å²) in [6.45, 7) is 5.69. The molecule has 1 atom stereocenters. The first-order valence-corrected chi connectivity index (χ1v) is 9.05. The lowest BCUT2D eigenvalue weighted by atomic mass is 10.0. The highest BCUT2D eigenvalue weighted by Gasteiger charge is 2.08. The van der Waals surface area contributed by atoms with Gasteiger partial charge in [-0.3, -0.25) is 0 Å². The fourth-order valence-electron chi connectivity index (χ4n) is 2.49. The lowest BCUT2D eigenvalue weighted by Gasteiger charge is -2.18. The number of unbranched alkanes of at least 4 members (excludes halogenated alkanes) is 5. The normalized spacial score (nSPS) is 12.7. The monoisotopic (exact) mass is 281 g/mol. The van der Waals surface area contributed by atoms with Crippen LogP contribution in [0.1, 0.15) is 70.8 Å². The molecule has 1 heterocycles. The number of hydrogen-bond acceptors (Lipinski definition) is 2. The molecule has 0 saturated heterocycles. The average molecular weight is 282 g/mol. The van der Waals surface area contributed by atoms with Crippen LogP contribution in [0.3, 0.4) is 0 Å². The van der Waals surface area contributed by atoms with Crippen molar-refractivity contribution in [1.29, 1.82) is 0 Å². The molecule has 0 fully saturated rings. The first kappa shape index (κ1) is 16.7. The van der Waals surface area contributed by atoms with Gasteiger partial charge in [0.05, 0.1) is 0 Å². The summed E-state index contributed by atoms with van der Waals surface area (Å²) in [5.41, 5.74) is 1.50. The van der Waals surface area contributed by atoms with Crippen molar-refractivity contribution >= 4 is 11.3 Å². The first-order valence-electron chi connectivity index (χ1n) is 8.11. The van der Waals surface area contributed by atoms with E-state index in [0.29, 0.717) is 6.04 Å². The molecule has 110 valence electrons. The van der Waals surface area contributed by atoms with E-state index in [1.165, 1.54) is 63.4 Å². The third-order valence-electron chi connectivity index (χ3n) is 3.65. The SMILES string of the molecule is CCCCCCCCC(Cc1ccsc1)NCCC. The molecule has 0 radical (unpaired) electrons. The lowest BCUT2D eigenvalue weighted by molar-refractivity contribution is 0.450. The zero-order chi connectivity index (χ0) is 13.8. The van der Waals surface area contributed by atoms with Crippen LogP contribution in [0.15, 0.2) is 16.8 Å². The average Bonchev–Trinajstić information content (AvgIpc) is 2.92. The summed E-state index contributed by atoms with van der Waals surface area (Å²) in [7, 11) is 0. The van der Waals surface area contributed by atoms with E-state index in [2.05, 4.69) is 36.0 Å². The van der Waals surface area contributed by atoms with Gasteiger partial charge < -0.3 is 5.32 Å². The predicted molar refractivity (Wildman–Crippen MR) is 88.1 cm³/mol. The molecule has 1 rings (SSSR count). The highest BCUT2D eigenvalue weighted by molar-refractivity contribution is 7.07. The zero-order valence-corrected chi connectivity index (χ0v) is 13.6. The fraction of sp³-hybridized carbons (Fsp3) is 0.765. The van der Waals surface area contributed by atoms with Crippen molar-refractivity contribution in [2.75, 3.05) is 6.54 Å². The smallest absolute Gasteiger partial charge is 0.0108 e. The summed E-state index contributed by atoms with van der Waals surface area (Å²) >= 11 is 1.82. The number of thiophene rings is 1. The van der Waals surface area contributed by atoms with E-state index in [4.69, 9.17) is 0 Å². The Morgan fingerprint density at radius 3 is 2.53 bits per heavy atom. The Hall–Kier alpha value is -0.340. The van der Waals surface area contributed by atoms with Gasteiger partial charge in [0, 0.05) is 6.04 Å². The molecule has 0 bridgehead atoms. The van der Waals surface area contributed by atoms with Crippen LogP contribution in [-0.4, -0.2) is 12.6 Å². The van der Waals surface area contributed by atoms with Crippen LogP contribution in [-0.2, 0) is 6.42 Å². The Labute approximate surface area is 123 Å². The molecular formula is C17H31NS. The van der Waals surface area contributed by atoms with Crippen molar-refractivity contribution in [3.05, 3.63) is 22.4 Å². The van der Waals surface area contributed by atoms with Gasteiger partial charge in [0.2, 0.25) is 0 Å². The molecule has 0 amide bonds. The van der Waals surface area contributed by atoms with Crippen LogP contribution < -0.4 is 5.32 Å². The second-order valence-electron chi connectivity index (χ2n) is 5.54. The Bertz CT molecular complexity index is 281. The van der Waals surface area contributed by atoms with E-state index in [9.17, 15) is 0 Å².